The maximum absolute atomic E-state index is 12.9. The maximum atomic E-state index is 12.9. The lowest BCUT2D eigenvalue weighted by atomic mass is 10.1. The minimum absolute atomic E-state index is 0.191. The Bertz CT molecular complexity index is 1360. The van der Waals surface area contributed by atoms with Crippen LogP contribution < -0.4 is 14.2 Å². The Morgan fingerprint density at radius 3 is 2.36 bits per heavy atom. The van der Waals surface area contributed by atoms with Gasteiger partial charge in [-0.2, -0.15) is 0 Å². The quantitative estimate of drug-likeness (QED) is 0.122. The van der Waals surface area contributed by atoms with E-state index in [0.717, 1.165) is 21.8 Å². The van der Waals surface area contributed by atoms with E-state index in [1.165, 1.54) is 12.0 Å². The van der Waals surface area contributed by atoms with Crippen molar-refractivity contribution in [2.45, 2.75) is 6.54 Å². The van der Waals surface area contributed by atoms with Crippen LogP contribution in [0.5, 0.6) is 17.2 Å². The van der Waals surface area contributed by atoms with Crippen LogP contribution in [-0.4, -0.2) is 36.2 Å². The lowest BCUT2D eigenvalue weighted by molar-refractivity contribution is -0.123. The zero-order chi connectivity index (χ0) is 25.8. The lowest BCUT2D eigenvalue weighted by Gasteiger charge is -2.13. The second-order valence-corrected chi connectivity index (χ2v) is 10.6. The molecule has 10 heteroatoms. The molecule has 7 nitrogen and oxygen atoms in total. The molecule has 3 aromatic rings. The van der Waals surface area contributed by atoms with Gasteiger partial charge >= 0.3 is 5.97 Å². The first kappa shape index (κ1) is 26.2. The minimum atomic E-state index is -0.546. The van der Waals surface area contributed by atoms with E-state index in [2.05, 4.69) is 15.9 Å². The maximum Gasteiger partial charge on any atom is 0.343 e. The number of esters is 1. The fourth-order valence-electron chi connectivity index (χ4n) is 3.36. The molecule has 3 aromatic carbocycles. The molecule has 1 fully saturated rings. The Hall–Kier alpha value is -2.83. The summed E-state index contributed by atoms with van der Waals surface area (Å²) in [6.45, 7) is 0.191. The van der Waals surface area contributed by atoms with Gasteiger partial charge in [0.2, 0.25) is 0 Å². The fraction of sp³-hybridized carbons (Fsp3) is 0.115. The molecule has 0 atom stereocenters. The average molecular weight is 680 g/mol. The number of rotatable bonds is 7. The van der Waals surface area contributed by atoms with Crippen LogP contribution in [0.1, 0.15) is 21.5 Å². The van der Waals surface area contributed by atoms with Gasteiger partial charge in [0.05, 0.1) is 34.8 Å². The van der Waals surface area contributed by atoms with Crippen molar-refractivity contribution in [3.05, 3.63) is 90.3 Å². The molecular weight excluding hydrogens is 661 g/mol. The fourth-order valence-corrected chi connectivity index (χ4v) is 5.20. The first-order valence-corrected chi connectivity index (χ1v) is 13.2. The second kappa shape index (κ2) is 11.5. The van der Waals surface area contributed by atoms with Gasteiger partial charge in [0, 0.05) is 4.47 Å². The number of carbonyl (C=O) groups is 3. The van der Waals surface area contributed by atoms with Crippen molar-refractivity contribution in [3.8, 4) is 17.2 Å². The zero-order valence-electron chi connectivity index (χ0n) is 19.1. The normalized spacial score (nSPS) is 14.3. The highest BCUT2D eigenvalue weighted by Crippen LogP contribution is 2.38. The van der Waals surface area contributed by atoms with Crippen molar-refractivity contribution in [1.82, 2.24) is 4.90 Å². The van der Waals surface area contributed by atoms with Gasteiger partial charge in [-0.15, -0.1) is 0 Å². The Kier molecular flexibility index (Phi) is 8.37. The summed E-state index contributed by atoms with van der Waals surface area (Å²) in [6.07, 6.45) is 1.63. The summed E-state index contributed by atoms with van der Waals surface area (Å²) in [7, 11) is 3.01. The van der Waals surface area contributed by atoms with E-state index < -0.39 is 5.97 Å². The minimum Gasteiger partial charge on any atom is -0.497 e. The first-order valence-electron chi connectivity index (χ1n) is 10.5. The molecule has 0 aromatic heterocycles. The van der Waals surface area contributed by atoms with Crippen LogP contribution in [0.4, 0.5) is 4.79 Å². The molecule has 0 saturated carbocycles. The van der Waals surface area contributed by atoms with Crippen molar-refractivity contribution in [3.63, 3.8) is 0 Å². The second-order valence-electron chi connectivity index (χ2n) is 7.55. The van der Waals surface area contributed by atoms with Crippen LogP contribution in [0.25, 0.3) is 6.08 Å². The summed E-state index contributed by atoms with van der Waals surface area (Å²) in [6, 6.07) is 17.4. The largest absolute Gasteiger partial charge is 0.497 e. The molecule has 0 bridgehead atoms. The van der Waals surface area contributed by atoms with Crippen LogP contribution >= 0.6 is 50.3 Å². The number of hydrogen-bond donors (Lipinski definition) is 0. The first-order chi connectivity index (χ1) is 17.3. The highest BCUT2D eigenvalue weighted by atomic mass is 127. The van der Waals surface area contributed by atoms with E-state index in [1.54, 1.807) is 49.6 Å². The molecule has 0 unspecified atom stereocenters. The van der Waals surface area contributed by atoms with Crippen molar-refractivity contribution >= 4 is 73.5 Å². The molecule has 0 aliphatic carbocycles. The summed E-state index contributed by atoms with van der Waals surface area (Å²) in [5, 5.41) is -0.333. The van der Waals surface area contributed by atoms with E-state index in [4.69, 9.17) is 14.2 Å². The smallest absolute Gasteiger partial charge is 0.343 e. The van der Waals surface area contributed by atoms with Gasteiger partial charge in [0.15, 0.2) is 11.5 Å². The monoisotopic (exact) mass is 679 g/mol. The van der Waals surface area contributed by atoms with Gasteiger partial charge < -0.3 is 14.2 Å². The number of amides is 2. The highest BCUT2D eigenvalue weighted by molar-refractivity contribution is 14.1. The van der Waals surface area contributed by atoms with Crippen molar-refractivity contribution in [2.75, 3.05) is 14.2 Å². The zero-order valence-corrected chi connectivity index (χ0v) is 23.7. The third kappa shape index (κ3) is 5.93. The molecule has 1 aliphatic heterocycles. The number of hydrogen-bond acceptors (Lipinski definition) is 7. The highest BCUT2D eigenvalue weighted by Gasteiger charge is 2.35. The van der Waals surface area contributed by atoms with E-state index in [1.807, 2.05) is 46.9 Å². The Morgan fingerprint density at radius 2 is 1.72 bits per heavy atom. The van der Waals surface area contributed by atoms with Gasteiger partial charge in [0.1, 0.15) is 5.75 Å². The average Bonchev–Trinajstić information content (AvgIpc) is 3.13. The van der Waals surface area contributed by atoms with Gasteiger partial charge in [-0.25, -0.2) is 4.79 Å². The molecule has 0 radical (unpaired) electrons. The van der Waals surface area contributed by atoms with Crippen LogP contribution in [0.2, 0.25) is 0 Å². The molecule has 4 rings (SSSR count). The summed E-state index contributed by atoms with van der Waals surface area (Å²) < 4.78 is 17.7. The number of methoxy groups -OCH3 is 2. The van der Waals surface area contributed by atoms with Gasteiger partial charge in [0.25, 0.3) is 11.1 Å². The third-order valence-electron chi connectivity index (χ3n) is 5.20. The number of halogens is 2. The van der Waals surface area contributed by atoms with Gasteiger partial charge in [-0.3, -0.25) is 14.5 Å². The predicted molar refractivity (Wildman–Crippen MR) is 149 cm³/mol. The molecular formula is C26H19BrINO6S. The molecule has 184 valence electrons. The molecule has 1 heterocycles. The number of ether oxygens (including phenoxy) is 3. The summed E-state index contributed by atoms with van der Waals surface area (Å²) in [5.41, 5.74) is 1.84. The molecule has 0 spiro atoms. The number of nitrogens with zero attached hydrogens (tertiary/aromatic N) is 1. The van der Waals surface area contributed by atoms with E-state index in [0.29, 0.717) is 31.1 Å². The number of thioether (sulfide) groups is 1. The third-order valence-corrected chi connectivity index (χ3v) is 7.43. The number of carbonyl (C=O) groups excluding carboxylic acids is 3. The summed E-state index contributed by atoms with van der Waals surface area (Å²) >= 11 is 6.30. The molecule has 36 heavy (non-hydrogen) atoms. The van der Waals surface area contributed by atoms with E-state index in [-0.39, 0.29) is 23.4 Å². The Labute approximate surface area is 234 Å². The summed E-state index contributed by atoms with van der Waals surface area (Å²) in [4.78, 5) is 39.6. The molecule has 0 N–H and O–H groups in total. The molecule has 1 saturated heterocycles. The topological polar surface area (TPSA) is 82.1 Å². The van der Waals surface area contributed by atoms with E-state index in [9.17, 15) is 14.4 Å². The van der Waals surface area contributed by atoms with Crippen LogP contribution in [-0.2, 0) is 11.3 Å². The van der Waals surface area contributed by atoms with Crippen LogP contribution in [0.3, 0.4) is 0 Å². The van der Waals surface area contributed by atoms with Crippen molar-refractivity contribution < 1.29 is 28.6 Å². The number of benzene rings is 3. The van der Waals surface area contributed by atoms with E-state index >= 15 is 0 Å². The molecule has 1 aliphatic rings. The summed E-state index contributed by atoms with van der Waals surface area (Å²) in [5.74, 6) is 0.306. The van der Waals surface area contributed by atoms with Crippen molar-refractivity contribution in [2.24, 2.45) is 0 Å². The lowest BCUT2D eigenvalue weighted by Crippen LogP contribution is -2.27. The SMILES string of the molecule is COc1ccc(C(=O)Oc2c(I)cc(/C=C3\SC(=O)N(Cc4ccc(Br)cc4)C3=O)cc2OC)cc1. The number of imide groups is 1. The standard InChI is InChI=1S/C26H19BrINO6S/c1-33-19-9-5-17(6-10-19)25(31)35-23-20(28)11-16(12-21(23)34-2)13-22-24(30)29(26(32)36-22)14-15-3-7-18(27)8-4-15/h3-13H,14H2,1-2H3/b22-13-. The Morgan fingerprint density at radius 1 is 1.03 bits per heavy atom. The molecule has 2 amide bonds. The van der Waals surface area contributed by atoms with Gasteiger partial charge in [-0.1, -0.05) is 28.1 Å². The van der Waals surface area contributed by atoms with Crippen LogP contribution in [0.15, 0.2) is 70.0 Å². The predicted octanol–water partition coefficient (Wildman–Crippen LogP) is 6.53. The van der Waals surface area contributed by atoms with Crippen LogP contribution in [0, 0.1) is 3.57 Å². The van der Waals surface area contributed by atoms with Gasteiger partial charge in [-0.05, 0) is 100 Å². The Balaban J connectivity index is 1.54. The van der Waals surface area contributed by atoms with Crippen molar-refractivity contribution in [1.29, 1.82) is 0 Å².